The fourth-order valence-corrected chi connectivity index (χ4v) is 4.16. The molecule has 1 heterocycles. The van der Waals surface area contributed by atoms with Gasteiger partial charge in [0.2, 0.25) is 11.8 Å². The van der Waals surface area contributed by atoms with E-state index in [1.165, 1.54) is 22.8 Å². The normalized spacial score (nSPS) is 12.2. The number of fused-ring (bicyclic) bond motifs is 1. The quantitative estimate of drug-likeness (QED) is 0.331. The number of nitrogens with zero attached hydrogens (tertiary/aromatic N) is 4. The lowest BCUT2D eigenvalue weighted by Gasteiger charge is -2.35. The van der Waals surface area contributed by atoms with Crippen LogP contribution in [0, 0.1) is 5.82 Å². The largest absolute Gasteiger partial charge is 0.497 e. The molecule has 3 aromatic carbocycles. The Kier molecular flexibility index (Phi) is 8.05. The molecule has 0 spiro atoms. The summed E-state index contributed by atoms with van der Waals surface area (Å²) in [6.45, 7) is 5.50. The number of nitrogens with one attached hydrogen (secondary N) is 1. The highest BCUT2D eigenvalue weighted by Crippen LogP contribution is 2.29. The van der Waals surface area contributed by atoms with E-state index >= 15 is 0 Å². The molecule has 4 aromatic rings. The number of para-hydroxylation sites is 1. The van der Waals surface area contributed by atoms with E-state index in [4.69, 9.17) is 4.74 Å². The Labute approximate surface area is 221 Å². The summed E-state index contributed by atoms with van der Waals surface area (Å²) in [5, 5.41) is 11.3. The molecule has 0 bridgehead atoms. The Balaban J connectivity index is 1.80. The number of amides is 2. The highest BCUT2D eigenvalue weighted by molar-refractivity contribution is 5.89. The van der Waals surface area contributed by atoms with Crippen LogP contribution >= 0.6 is 0 Å². The molecule has 0 aliphatic heterocycles. The van der Waals surface area contributed by atoms with Gasteiger partial charge >= 0.3 is 0 Å². The molecule has 1 unspecified atom stereocenters. The first-order valence-electron chi connectivity index (χ1n) is 12.5. The first-order chi connectivity index (χ1) is 18.2. The van der Waals surface area contributed by atoms with Gasteiger partial charge in [0.05, 0.1) is 12.6 Å². The maximum Gasteiger partial charge on any atom is 0.247 e. The molecular weight excluding hydrogens is 485 g/mol. The fraction of sp³-hybridized carbons (Fsp3) is 0.310. The van der Waals surface area contributed by atoms with Crippen molar-refractivity contribution in [1.82, 2.24) is 25.2 Å². The fourth-order valence-electron chi connectivity index (χ4n) is 4.16. The van der Waals surface area contributed by atoms with Crippen molar-refractivity contribution in [3.05, 3.63) is 89.7 Å². The van der Waals surface area contributed by atoms with E-state index in [0.717, 1.165) is 0 Å². The van der Waals surface area contributed by atoms with Crippen molar-refractivity contribution < 1.29 is 18.7 Å². The highest BCUT2D eigenvalue weighted by Gasteiger charge is 2.35. The van der Waals surface area contributed by atoms with Crippen LogP contribution in [0.4, 0.5) is 4.39 Å². The molecular formula is C29H32FN5O3. The first-order valence-corrected chi connectivity index (χ1v) is 12.5. The molecule has 0 aliphatic carbocycles. The number of methoxy groups -OCH3 is 1. The van der Waals surface area contributed by atoms with E-state index in [2.05, 4.69) is 15.6 Å². The molecule has 2 amide bonds. The van der Waals surface area contributed by atoms with Crippen molar-refractivity contribution in [2.24, 2.45) is 0 Å². The van der Waals surface area contributed by atoms with Gasteiger partial charge in [0.15, 0.2) is 0 Å². The highest BCUT2D eigenvalue weighted by atomic mass is 19.1. The van der Waals surface area contributed by atoms with E-state index in [1.807, 2.05) is 39.0 Å². The Morgan fingerprint density at radius 2 is 1.82 bits per heavy atom. The SMILES string of the molecule is CCC(C)(C)NC(=O)C(c1cccc(OC)c1)N(Cc1ccccc1F)C(=O)Cn1nnc2ccccc21. The predicted octanol–water partition coefficient (Wildman–Crippen LogP) is 4.65. The maximum absolute atomic E-state index is 14.8. The van der Waals surface area contributed by atoms with Gasteiger partial charge in [0, 0.05) is 17.6 Å². The van der Waals surface area contributed by atoms with Crippen LogP contribution in [0.25, 0.3) is 11.0 Å². The number of hydrogen-bond acceptors (Lipinski definition) is 5. The molecule has 0 saturated carbocycles. The lowest BCUT2D eigenvalue weighted by Crippen LogP contribution is -2.50. The Bertz CT molecular complexity index is 1430. The van der Waals surface area contributed by atoms with Gasteiger partial charge in [0.25, 0.3) is 0 Å². The minimum Gasteiger partial charge on any atom is -0.497 e. The second-order valence-electron chi connectivity index (χ2n) is 9.75. The smallest absolute Gasteiger partial charge is 0.247 e. The van der Waals surface area contributed by atoms with Gasteiger partial charge in [-0.25, -0.2) is 9.07 Å². The zero-order valence-electron chi connectivity index (χ0n) is 22.0. The van der Waals surface area contributed by atoms with Gasteiger partial charge in [-0.2, -0.15) is 0 Å². The summed E-state index contributed by atoms with van der Waals surface area (Å²) >= 11 is 0. The molecule has 198 valence electrons. The third kappa shape index (κ3) is 5.99. The summed E-state index contributed by atoms with van der Waals surface area (Å²) in [5.41, 5.74) is 1.64. The zero-order chi connectivity index (χ0) is 27.3. The Morgan fingerprint density at radius 3 is 2.55 bits per heavy atom. The number of benzene rings is 3. The summed E-state index contributed by atoms with van der Waals surface area (Å²) in [7, 11) is 1.53. The number of rotatable bonds is 10. The van der Waals surface area contributed by atoms with Crippen molar-refractivity contribution in [3.63, 3.8) is 0 Å². The monoisotopic (exact) mass is 517 g/mol. The van der Waals surface area contributed by atoms with Crippen LogP contribution in [0.1, 0.15) is 44.4 Å². The van der Waals surface area contributed by atoms with Crippen molar-refractivity contribution in [1.29, 1.82) is 0 Å². The molecule has 9 heteroatoms. The lowest BCUT2D eigenvalue weighted by molar-refractivity contribution is -0.143. The van der Waals surface area contributed by atoms with Gasteiger partial charge < -0.3 is 15.0 Å². The minimum atomic E-state index is -1.06. The van der Waals surface area contributed by atoms with Gasteiger partial charge in [-0.3, -0.25) is 9.59 Å². The number of carbonyl (C=O) groups is 2. The van der Waals surface area contributed by atoms with Crippen LogP contribution < -0.4 is 10.1 Å². The summed E-state index contributed by atoms with van der Waals surface area (Å²) < 4.78 is 21.7. The average molecular weight is 518 g/mol. The third-order valence-corrected chi connectivity index (χ3v) is 6.64. The van der Waals surface area contributed by atoms with E-state index in [-0.39, 0.29) is 19.0 Å². The van der Waals surface area contributed by atoms with Crippen molar-refractivity contribution in [2.75, 3.05) is 7.11 Å². The topological polar surface area (TPSA) is 89.4 Å². The van der Waals surface area contributed by atoms with Crippen LogP contribution in [0.15, 0.2) is 72.8 Å². The number of aromatic nitrogens is 3. The molecule has 8 nitrogen and oxygen atoms in total. The number of ether oxygens (including phenoxy) is 1. The van der Waals surface area contributed by atoms with E-state index in [1.54, 1.807) is 48.5 Å². The van der Waals surface area contributed by atoms with Crippen LogP contribution in [-0.4, -0.2) is 44.4 Å². The zero-order valence-corrected chi connectivity index (χ0v) is 22.0. The Hall–Kier alpha value is -4.27. The minimum absolute atomic E-state index is 0.125. The van der Waals surface area contributed by atoms with Gasteiger partial charge in [-0.15, -0.1) is 5.10 Å². The standard InChI is InChI=1S/C29H32FN5O3/c1-5-29(2,3)31-28(37)27(20-12-10-13-22(17-20)38-4)34(18-21-11-6-7-14-23(21)30)26(36)19-35-25-16-9-8-15-24(25)32-33-35/h6-17,27H,5,18-19H2,1-4H3,(H,31,37). The number of carbonyl (C=O) groups excluding carboxylic acids is 2. The van der Waals surface area contributed by atoms with Crippen molar-refractivity contribution in [2.45, 2.75) is 51.9 Å². The second-order valence-corrected chi connectivity index (χ2v) is 9.75. The second kappa shape index (κ2) is 11.4. The van der Waals surface area contributed by atoms with Crippen molar-refractivity contribution in [3.8, 4) is 5.75 Å². The van der Waals surface area contributed by atoms with Crippen LogP contribution in [0.2, 0.25) is 0 Å². The number of hydrogen-bond donors (Lipinski definition) is 1. The number of halogens is 1. The molecule has 1 atom stereocenters. The molecule has 0 saturated heterocycles. The summed E-state index contributed by atoms with van der Waals surface area (Å²) in [6.07, 6.45) is 0.676. The summed E-state index contributed by atoms with van der Waals surface area (Å²) in [6, 6.07) is 19.5. The summed E-state index contributed by atoms with van der Waals surface area (Å²) in [4.78, 5) is 29.3. The van der Waals surface area contributed by atoms with Crippen LogP contribution in [0.5, 0.6) is 5.75 Å². The van der Waals surface area contributed by atoms with Gasteiger partial charge in [-0.1, -0.05) is 54.6 Å². The van der Waals surface area contributed by atoms with Gasteiger partial charge in [-0.05, 0) is 56.2 Å². The van der Waals surface area contributed by atoms with Crippen LogP contribution in [-0.2, 0) is 22.7 Å². The van der Waals surface area contributed by atoms with E-state index < -0.39 is 23.3 Å². The molecule has 1 N–H and O–H groups in total. The Morgan fingerprint density at radius 1 is 1.08 bits per heavy atom. The van der Waals surface area contributed by atoms with E-state index in [0.29, 0.717) is 34.3 Å². The maximum atomic E-state index is 14.8. The molecule has 0 aliphatic rings. The van der Waals surface area contributed by atoms with Gasteiger partial charge in [0.1, 0.15) is 29.7 Å². The molecule has 38 heavy (non-hydrogen) atoms. The van der Waals surface area contributed by atoms with Crippen LogP contribution in [0.3, 0.4) is 0 Å². The summed E-state index contributed by atoms with van der Waals surface area (Å²) in [5.74, 6) is -0.717. The molecule has 1 aromatic heterocycles. The predicted molar refractivity (Wildman–Crippen MR) is 143 cm³/mol. The lowest BCUT2D eigenvalue weighted by atomic mass is 9.98. The van der Waals surface area contributed by atoms with Crippen molar-refractivity contribution >= 4 is 22.8 Å². The molecule has 0 radical (unpaired) electrons. The average Bonchev–Trinajstić information content (AvgIpc) is 3.32. The van der Waals surface area contributed by atoms with E-state index in [9.17, 15) is 14.0 Å². The molecule has 4 rings (SSSR count). The first kappa shape index (κ1) is 26.8. The third-order valence-electron chi connectivity index (χ3n) is 6.64. The molecule has 0 fully saturated rings.